The minimum atomic E-state index is 1.13. The second kappa shape index (κ2) is 3.35. The fourth-order valence-electron chi connectivity index (χ4n) is 1.77. The zero-order chi connectivity index (χ0) is 10.3. The molecule has 0 aromatic carbocycles. The molecule has 15 heavy (non-hydrogen) atoms. The Morgan fingerprint density at radius 1 is 1.47 bits per heavy atom. The van der Waals surface area contributed by atoms with Gasteiger partial charge >= 0.3 is 0 Å². The van der Waals surface area contributed by atoms with Gasteiger partial charge in [-0.3, -0.25) is 4.98 Å². The van der Waals surface area contributed by atoms with E-state index in [9.17, 15) is 0 Å². The summed E-state index contributed by atoms with van der Waals surface area (Å²) in [4.78, 5) is 5.72. The molecule has 0 amide bonds. The summed E-state index contributed by atoms with van der Waals surface area (Å²) in [7, 11) is 0. The summed E-state index contributed by atoms with van der Waals surface area (Å²) >= 11 is 1.84. The van der Waals surface area contributed by atoms with E-state index in [0.717, 1.165) is 11.9 Å². The minimum Gasteiger partial charge on any atom is -0.357 e. The van der Waals surface area contributed by atoms with Gasteiger partial charge in [0.05, 0.1) is 20.8 Å². The molecule has 3 heteroatoms. The molecule has 0 atom stereocenters. The topological polar surface area (TPSA) is 34.8 Å². The van der Waals surface area contributed by atoms with Crippen molar-refractivity contribution in [3.8, 4) is 0 Å². The van der Waals surface area contributed by atoms with E-state index in [1.165, 1.54) is 27.3 Å². The van der Waals surface area contributed by atoms with Gasteiger partial charge in [-0.15, -0.1) is 11.3 Å². The number of rotatable bonds is 3. The summed E-state index contributed by atoms with van der Waals surface area (Å²) in [5.41, 5.74) is 3.82. The third-order valence-electron chi connectivity index (χ3n) is 2.57. The fraction of sp³-hybridized carbons (Fsp3) is 0.250. The molecule has 0 bridgehead atoms. The Morgan fingerprint density at radius 2 is 2.33 bits per heavy atom. The Balaban J connectivity index is 2.15. The van der Waals surface area contributed by atoms with Crippen LogP contribution in [0, 0.1) is 0 Å². The van der Waals surface area contributed by atoms with Crippen molar-refractivity contribution in [3.05, 3.63) is 35.0 Å². The lowest BCUT2D eigenvalue weighted by molar-refractivity contribution is 0.929. The number of hydrogen-bond donors (Lipinski definition) is 1. The predicted molar refractivity (Wildman–Crippen MR) is 64.7 cm³/mol. The Labute approximate surface area is 92.7 Å². The SMILES string of the molecule is CCCc1ccnc2cc(C3=CN3)sc12. The van der Waals surface area contributed by atoms with Crippen LogP contribution in [0.3, 0.4) is 0 Å². The molecule has 0 fully saturated rings. The number of thiophene rings is 1. The quantitative estimate of drug-likeness (QED) is 0.855. The molecule has 2 aromatic heterocycles. The van der Waals surface area contributed by atoms with Gasteiger partial charge in [-0.25, -0.2) is 0 Å². The van der Waals surface area contributed by atoms with E-state index in [1.807, 2.05) is 23.7 Å². The van der Waals surface area contributed by atoms with Gasteiger partial charge in [0.1, 0.15) is 0 Å². The first-order chi connectivity index (χ1) is 7.38. The zero-order valence-corrected chi connectivity index (χ0v) is 9.40. The maximum absolute atomic E-state index is 4.41. The number of pyridine rings is 1. The standard InChI is InChI=1S/C12H12N2S/c1-2-3-8-4-5-13-9-6-11(10-7-14-10)15-12(8)9/h4-7,14H,2-3H2,1H3. The van der Waals surface area contributed by atoms with Crippen LogP contribution in [0.15, 0.2) is 24.5 Å². The van der Waals surface area contributed by atoms with E-state index in [0.29, 0.717) is 0 Å². The molecular formula is C12H12N2S. The van der Waals surface area contributed by atoms with Gasteiger partial charge in [0, 0.05) is 12.4 Å². The molecule has 0 aliphatic carbocycles. The van der Waals surface area contributed by atoms with Gasteiger partial charge < -0.3 is 5.32 Å². The largest absolute Gasteiger partial charge is 0.357 e. The van der Waals surface area contributed by atoms with Crippen molar-refractivity contribution in [2.24, 2.45) is 0 Å². The number of aromatic nitrogens is 1. The third-order valence-corrected chi connectivity index (χ3v) is 3.80. The van der Waals surface area contributed by atoms with Crippen LogP contribution in [0.5, 0.6) is 0 Å². The van der Waals surface area contributed by atoms with Crippen molar-refractivity contribution >= 4 is 27.3 Å². The zero-order valence-electron chi connectivity index (χ0n) is 8.58. The van der Waals surface area contributed by atoms with Crippen LogP contribution in [0.1, 0.15) is 23.8 Å². The summed E-state index contributed by atoms with van der Waals surface area (Å²) in [5.74, 6) is 0. The van der Waals surface area contributed by atoms with Crippen molar-refractivity contribution < 1.29 is 0 Å². The van der Waals surface area contributed by atoms with Crippen LogP contribution >= 0.6 is 11.3 Å². The molecule has 0 radical (unpaired) electrons. The summed E-state index contributed by atoms with van der Waals surface area (Å²) < 4.78 is 1.35. The van der Waals surface area contributed by atoms with Gasteiger partial charge in [-0.2, -0.15) is 0 Å². The minimum absolute atomic E-state index is 1.13. The number of fused-ring (bicyclic) bond motifs is 1. The van der Waals surface area contributed by atoms with Crippen molar-refractivity contribution in [2.45, 2.75) is 19.8 Å². The van der Waals surface area contributed by atoms with Crippen LogP contribution < -0.4 is 5.32 Å². The first-order valence-electron chi connectivity index (χ1n) is 5.23. The summed E-state index contributed by atoms with van der Waals surface area (Å²) in [5, 5.41) is 3.14. The highest BCUT2D eigenvalue weighted by atomic mass is 32.1. The summed E-state index contributed by atoms with van der Waals surface area (Å²) in [6, 6.07) is 4.31. The summed E-state index contributed by atoms with van der Waals surface area (Å²) in [6.07, 6.45) is 6.28. The van der Waals surface area contributed by atoms with E-state index in [-0.39, 0.29) is 0 Å². The highest BCUT2D eigenvalue weighted by Gasteiger charge is 2.14. The highest BCUT2D eigenvalue weighted by molar-refractivity contribution is 7.20. The van der Waals surface area contributed by atoms with Crippen molar-refractivity contribution in [3.63, 3.8) is 0 Å². The van der Waals surface area contributed by atoms with Gasteiger partial charge in [0.2, 0.25) is 0 Å². The molecule has 1 N–H and O–H groups in total. The molecule has 0 saturated heterocycles. The number of nitrogens with one attached hydrogen (secondary N) is 1. The van der Waals surface area contributed by atoms with Crippen LogP contribution in [-0.4, -0.2) is 4.98 Å². The fourth-order valence-corrected chi connectivity index (χ4v) is 2.90. The molecule has 3 heterocycles. The normalized spacial score (nSPS) is 13.8. The number of hydrogen-bond acceptors (Lipinski definition) is 3. The van der Waals surface area contributed by atoms with Crippen molar-refractivity contribution in [1.82, 2.24) is 10.3 Å². The molecule has 0 unspecified atom stereocenters. The van der Waals surface area contributed by atoms with Crippen LogP contribution in [0.2, 0.25) is 0 Å². The molecule has 0 saturated carbocycles. The highest BCUT2D eigenvalue weighted by Crippen LogP contribution is 2.33. The lowest BCUT2D eigenvalue weighted by Crippen LogP contribution is -1.83. The van der Waals surface area contributed by atoms with E-state index >= 15 is 0 Å². The third kappa shape index (κ3) is 1.53. The lowest BCUT2D eigenvalue weighted by atomic mass is 10.1. The van der Waals surface area contributed by atoms with Crippen molar-refractivity contribution in [1.29, 1.82) is 0 Å². The Morgan fingerprint density at radius 3 is 3.07 bits per heavy atom. The van der Waals surface area contributed by atoms with E-state index in [2.05, 4.69) is 29.4 Å². The summed E-state index contributed by atoms with van der Waals surface area (Å²) in [6.45, 7) is 2.21. The predicted octanol–water partition coefficient (Wildman–Crippen LogP) is 3.15. The molecule has 76 valence electrons. The van der Waals surface area contributed by atoms with Gasteiger partial charge in [0.25, 0.3) is 0 Å². The van der Waals surface area contributed by atoms with E-state index in [4.69, 9.17) is 0 Å². The Bertz CT molecular complexity index is 540. The molecule has 0 spiro atoms. The van der Waals surface area contributed by atoms with Gasteiger partial charge in [0.15, 0.2) is 0 Å². The van der Waals surface area contributed by atoms with Crippen LogP contribution in [-0.2, 0) is 6.42 Å². The Hall–Kier alpha value is -1.35. The first-order valence-corrected chi connectivity index (χ1v) is 6.04. The number of aryl methyl sites for hydroxylation is 1. The van der Waals surface area contributed by atoms with Gasteiger partial charge in [-0.1, -0.05) is 13.3 Å². The van der Waals surface area contributed by atoms with E-state index in [1.54, 1.807) is 0 Å². The second-order valence-corrected chi connectivity index (χ2v) is 4.80. The molecular weight excluding hydrogens is 204 g/mol. The smallest absolute Gasteiger partial charge is 0.0819 e. The van der Waals surface area contributed by atoms with E-state index < -0.39 is 0 Å². The van der Waals surface area contributed by atoms with Gasteiger partial charge in [-0.05, 0) is 24.1 Å². The maximum atomic E-state index is 4.41. The molecule has 3 rings (SSSR count). The lowest BCUT2D eigenvalue weighted by Gasteiger charge is -1.98. The molecule has 1 aliphatic heterocycles. The van der Waals surface area contributed by atoms with Crippen LogP contribution in [0.4, 0.5) is 0 Å². The monoisotopic (exact) mass is 216 g/mol. The average molecular weight is 216 g/mol. The Kier molecular flexibility index (Phi) is 1.99. The average Bonchev–Trinajstić information content (AvgIpc) is 2.99. The second-order valence-electron chi connectivity index (χ2n) is 3.75. The van der Waals surface area contributed by atoms with Crippen molar-refractivity contribution in [2.75, 3.05) is 0 Å². The first kappa shape index (κ1) is 8.92. The maximum Gasteiger partial charge on any atom is 0.0819 e. The number of nitrogens with zero attached hydrogens (tertiary/aromatic N) is 1. The molecule has 1 aliphatic rings. The molecule has 2 nitrogen and oxygen atoms in total. The molecule has 2 aromatic rings. The van der Waals surface area contributed by atoms with Crippen LogP contribution in [0.25, 0.3) is 15.9 Å².